The number of oxazole rings is 1. The maximum atomic E-state index is 11.9. The Labute approximate surface area is 154 Å². The van der Waals surface area contributed by atoms with Gasteiger partial charge in [0.15, 0.2) is 17.1 Å². The molecule has 0 radical (unpaired) electrons. The molecule has 0 bridgehead atoms. The Morgan fingerprint density at radius 1 is 1.23 bits per heavy atom. The van der Waals surface area contributed by atoms with E-state index in [4.69, 9.17) is 13.9 Å². The molecule has 1 aromatic heterocycles. The number of nitrogens with one attached hydrogen (secondary N) is 1. The van der Waals surface area contributed by atoms with Crippen LogP contribution in [0.1, 0.15) is 5.56 Å². The zero-order valence-corrected chi connectivity index (χ0v) is 15.1. The van der Waals surface area contributed by atoms with Gasteiger partial charge in [0, 0.05) is 0 Å². The smallest absolute Gasteiger partial charge is 0.257 e. The number of benzene rings is 2. The van der Waals surface area contributed by atoms with Gasteiger partial charge in [-0.05, 0) is 35.9 Å². The van der Waals surface area contributed by atoms with Crippen molar-refractivity contribution in [3.05, 3.63) is 48.0 Å². The number of fused-ring (bicyclic) bond motifs is 1. The molecular weight excluding hydrogens is 354 g/mol. The Hall–Kier alpha value is -3.00. The van der Waals surface area contributed by atoms with Crippen LogP contribution in [0.2, 0.25) is 0 Å². The number of thioether (sulfide) groups is 1. The van der Waals surface area contributed by atoms with Gasteiger partial charge in [0.25, 0.3) is 11.1 Å². The number of carbonyl (C=O) groups excluding carboxylic acids is 1. The van der Waals surface area contributed by atoms with Gasteiger partial charge in [0.1, 0.15) is 5.52 Å². The lowest BCUT2D eigenvalue weighted by atomic mass is 10.2. The SMILES string of the molecule is COc1ccc(C=NNC(=O)CSc2nc3ccccc3o2)cc1OC. The summed E-state index contributed by atoms with van der Waals surface area (Å²) in [7, 11) is 3.13. The highest BCUT2D eigenvalue weighted by molar-refractivity contribution is 7.99. The molecule has 3 aromatic rings. The fraction of sp³-hybridized carbons (Fsp3) is 0.167. The van der Waals surface area contributed by atoms with Crippen LogP contribution in [0.5, 0.6) is 11.5 Å². The number of amides is 1. The van der Waals surface area contributed by atoms with Crippen LogP contribution in [0.3, 0.4) is 0 Å². The number of hydrazone groups is 1. The van der Waals surface area contributed by atoms with Gasteiger partial charge in [-0.2, -0.15) is 5.10 Å². The lowest BCUT2D eigenvalue weighted by molar-refractivity contribution is -0.118. The summed E-state index contributed by atoms with van der Waals surface area (Å²) in [5, 5.41) is 4.39. The average molecular weight is 371 g/mol. The van der Waals surface area contributed by atoms with Crippen LogP contribution in [0.25, 0.3) is 11.1 Å². The van der Waals surface area contributed by atoms with Gasteiger partial charge < -0.3 is 13.9 Å². The van der Waals surface area contributed by atoms with Gasteiger partial charge in [-0.3, -0.25) is 4.79 Å². The van der Waals surface area contributed by atoms with E-state index in [1.807, 2.05) is 30.3 Å². The normalized spacial score (nSPS) is 11.0. The predicted octanol–water partition coefficient (Wildman–Crippen LogP) is 3.09. The van der Waals surface area contributed by atoms with Crippen molar-refractivity contribution >= 4 is 35.0 Å². The van der Waals surface area contributed by atoms with E-state index in [0.717, 1.165) is 11.1 Å². The van der Waals surface area contributed by atoms with E-state index in [0.29, 0.717) is 22.3 Å². The van der Waals surface area contributed by atoms with Crippen molar-refractivity contribution in [3.63, 3.8) is 0 Å². The summed E-state index contributed by atoms with van der Waals surface area (Å²) in [5.74, 6) is 1.11. The van der Waals surface area contributed by atoms with Crippen LogP contribution < -0.4 is 14.9 Å². The molecule has 7 nitrogen and oxygen atoms in total. The second-order valence-corrected chi connectivity index (χ2v) is 6.07. The van der Waals surface area contributed by atoms with Crippen LogP contribution >= 0.6 is 11.8 Å². The molecule has 0 spiro atoms. The average Bonchev–Trinajstić information content (AvgIpc) is 3.09. The minimum Gasteiger partial charge on any atom is -0.493 e. The molecule has 2 aromatic carbocycles. The lowest BCUT2D eigenvalue weighted by Crippen LogP contribution is -2.19. The van der Waals surface area contributed by atoms with Crippen LogP contribution in [0, 0.1) is 0 Å². The summed E-state index contributed by atoms with van der Waals surface area (Å²) in [6, 6.07) is 12.8. The highest BCUT2D eigenvalue weighted by atomic mass is 32.2. The Morgan fingerprint density at radius 3 is 2.81 bits per heavy atom. The number of rotatable bonds is 7. The first-order valence-corrected chi connectivity index (χ1v) is 8.70. The van der Waals surface area contributed by atoms with Gasteiger partial charge in [-0.15, -0.1) is 0 Å². The zero-order chi connectivity index (χ0) is 18.4. The highest BCUT2D eigenvalue weighted by Gasteiger charge is 2.08. The van der Waals surface area contributed by atoms with E-state index < -0.39 is 0 Å². The summed E-state index contributed by atoms with van der Waals surface area (Å²) >= 11 is 1.21. The van der Waals surface area contributed by atoms with Gasteiger partial charge in [0.2, 0.25) is 0 Å². The maximum absolute atomic E-state index is 11.9. The van der Waals surface area contributed by atoms with E-state index in [1.165, 1.54) is 18.0 Å². The van der Waals surface area contributed by atoms with Crippen molar-refractivity contribution in [2.75, 3.05) is 20.0 Å². The number of hydrogen-bond donors (Lipinski definition) is 1. The quantitative estimate of drug-likeness (QED) is 0.390. The van der Waals surface area contributed by atoms with Gasteiger partial charge in [0.05, 0.1) is 26.2 Å². The third-order valence-electron chi connectivity index (χ3n) is 3.41. The van der Waals surface area contributed by atoms with Crippen LogP contribution in [-0.4, -0.2) is 37.1 Å². The third kappa shape index (κ3) is 4.34. The maximum Gasteiger partial charge on any atom is 0.257 e. The number of carbonyl (C=O) groups is 1. The Bertz CT molecular complexity index is 906. The van der Waals surface area contributed by atoms with Crippen LogP contribution in [0.15, 0.2) is 57.2 Å². The highest BCUT2D eigenvalue weighted by Crippen LogP contribution is 2.27. The molecule has 0 unspecified atom stereocenters. The Kier molecular flexibility index (Phi) is 5.75. The molecule has 134 valence electrons. The van der Waals surface area contributed by atoms with E-state index in [-0.39, 0.29) is 11.7 Å². The molecule has 1 heterocycles. The first-order chi connectivity index (χ1) is 12.7. The second-order valence-electron chi connectivity index (χ2n) is 5.14. The van der Waals surface area contributed by atoms with Crippen molar-refractivity contribution in [2.45, 2.75) is 5.22 Å². The summed E-state index contributed by atoms with van der Waals surface area (Å²) < 4.78 is 15.9. The number of methoxy groups -OCH3 is 2. The van der Waals surface area contributed by atoms with Gasteiger partial charge in [-0.1, -0.05) is 23.9 Å². The Balaban J connectivity index is 1.52. The number of para-hydroxylation sites is 2. The largest absolute Gasteiger partial charge is 0.493 e. The van der Waals surface area contributed by atoms with Crippen molar-refractivity contribution < 1.29 is 18.7 Å². The fourth-order valence-electron chi connectivity index (χ4n) is 2.18. The van der Waals surface area contributed by atoms with E-state index in [9.17, 15) is 4.79 Å². The molecule has 0 saturated heterocycles. The van der Waals surface area contributed by atoms with Crippen molar-refractivity contribution in [1.82, 2.24) is 10.4 Å². The molecule has 1 N–H and O–H groups in total. The number of hydrogen-bond acceptors (Lipinski definition) is 7. The topological polar surface area (TPSA) is 86.0 Å². The molecule has 26 heavy (non-hydrogen) atoms. The first-order valence-electron chi connectivity index (χ1n) is 7.72. The zero-order valence-electron chi connectivity index (χ0n) is 14.3. The van der Waals surface area contributed by atoms with Crippen LogP contribution in [-0.2, 0) is 4.79 Å². The summed E-state index contributed by atoms with van der Waals surface area (Å²) in [6.45, 7) is 0. The van der Waals surface area contributed by atoms with Gasteiger partial charge in [-0.25, -0.2) is 10.4 Å². The van der Waals surface area contributed by atoms with E-state index in [1.54, 1.807) is 26.4 Å². The molecule has 8 heteroatoms. The molecule has 0 fully saturated rings. The standard InChI is InChI=1S/C18H17N3O4S/c1-23-15-8-7-12(9-16(15)24-2)10-19-21-17(22)11-26-18-20-13-5-3-4-6-14(13)25-18/h3-10H,11H2,1-2H3,(H,21,22). The van der Waals surface area contributed by atoms with Crippen molar-refractivity contribution in [1.29, 1.82) is 0 Å². The van der Waals surface area contributed by atoms with E-state index >= 15 is 0 Å². The minimum atomic E-state index is -0.256. The molecule has 3 rings (SSSR count). The second kappa shape index (κ2) is 8.39. The van der Waals surface area contributed by atoms with Gasteiger partial charge >= 0.3 is 0 Å². The van der Waals surface area contributed by atoms with E-state index in [2.05, 4.69) is 15.5 Å². The number of nitrogens with zero attached hydrogens (tertiary/aromatic N) is 2. The lowest BCUT2D eigenvalue weighted by Gasteiger charge is -2.07. The fourth-order valence-corrected chi connectivity index (χ4v) is 2.82. The first kappa shape index (κ1) is 17.8. The minimum absolute atomic E-state index is 0.149. The monoisotopic (exact) mass is 371 g/mol. The molecule has 0 aliphatic rings. The molecule has 1 amide bonds. The summed E-state index contributed by atoms with van der Waals surface area (Å²) in [6.07, 6.45) is 1.53. The van der Waals surface area contributed by atoms with Crippen molar-refractivity contribution in [3.8, 4) is 11.5 Å². The molecule has 0 saturated carbocycles. The molecule has 0 aliphatic carbocycles. The number of ether oxygens (including phenoxy) is 2. The summed E-state index contributed by atoms with van der Waals surface area (Å²) in [5.41, 5.74) is 4.70. The molecule has 0 aliphatic heterocycles. The molecule has 0 atom stereocenters. The third-order valence-corrected chi connectivity index (χ3v) is 4.24. The molecular formula is C18H17N3O4S. The van der Waals surface area contributed by atoms with Crippen molar-refractivity contribution in [2.24, 2.45) is 5.10 Å². The van der Waals surface area contributed by atoms with Crippen LogP contribution in [0.4, 0.5) is 0 Å². The number of aromatic nitrogens is 1. The Morgan fingerprint density at radius 2 is 2.04 bits per heavy atom. The summed E-state index contributed by atoms with van der Waals surface area (Å²) in [4.78, 5) is 16.2. The predicted molar refractivity (Wildman–Crippen MR) is 100 cm³/mol.